The van der Waals surface area contributed by atoms with Gasteiger partial charge in [0.1, 0.15) is 16.4 Å². The second-order valence-electron chi connectivity index (χ2n) is 4.29. The topological polar surface area (TPSA) is 52.4 Å². The smallest absolute Gasteiger partial charge is 0.289 e. The highest BCUT2D eigenvalue weighted by atomic mass is 35.5. The summed E-state index contributed by atoms with van der Waals surface area (Å²) in [7, 11) is 0. The quantitative estimate of drug-likeness (QED) is 0.573. The fourth-order valence-electron chi connectivity index (χ4n) is 1.79. The first-order valence-corrected chi connectivity index (χ1v) is 5.42. The third-order valence-electron chi connectivity index (χ3n) is 2.42. The molecule has 1 aromatic carbocycles. The number of halogens is 2. The van der Waals surface area contributed by atoms with Gasteiger partial charge in [-0.2, -0.15) is 0 Å². The Balaban J connectivity index is 2.64. The van der Waals surface area contributed by atoms with E-state index >= 15 is 0 Å². The van der Waals surface area contributed by atoms with Gasteiger partial charge in [0.15, 0.2) is 0 Å². The zero-order valence-electron chi connectivity index (χ0n) is 8.71. The number of benzene rings is 1. The molecule has 1 aromatic rings. The third kappa shape index (κ3) is 1.72. The Morgan fingerprint density at radius 2 is 2.12 bits per heavy atom. The van der Waals surface area contributed by atoms with Gasteiger partial charge in [0, 0.05) is 18.1 Å². The monoisotopic (exact) mass is 261 g/mol. The van der Waals surface area contributed by atoms with Gasteiger partial charge >= 0.3 is 0 Å². The van der Waals surface area contributed by atoms with Gasteiger partial charge in [0.25, 0.3) is 5.69 Å². The molecule has 1 aliphatic heterocycles. The van der Waals surface area contributed by atoms with Crippen LogP contribution in [0.15, 0.2) is 6.07 Å². The molecule has 16 heavy (non-hydrogen) atoms. The number of fused-ring (bicyclic) bond motifs is 1. The standard InChI is InChI=1S/C10H9Cl2NO3/c1-10(2)4-5-8(12)7(13(14)15)3-6(11)9(5)16-10/h3H,4H2,1-2H3. The van der Waals surface area contributed by atoms with Crippen LogP contribution in [0.1, 0.15) is 19.4 Å². The maximum atomic E-state index is 10.8. The fraction of sp³-hybridized carbons (Fsp3) is 0.400. The lowest BCUT2D eigenvalue weighted by Gasteiger charge is -2.17. The van der Waals surface area contributed by atoms with Crippen molar-refractivity contribution in [3.8, 4) is 5.75 Å². The maximum absolute atomic E-state index is 10.8. The number of ether oxygens (including phenoxy) is 1. The molecule has 4 nitrogen and oxygen atoms in total. The molecule has 0 amide bonds. The molecule has 0 bridgehead atoms. The normalized spacial score (nSPS) is 16.8. The lowest BCUT2D eigenvalue weighted by Crippen LogP contribution is -2.24. The van der Waals surface area contributed by atoms with E-state index in [2.05, 4.69) is 0 Å². The predicted molar refractivity (Wildman–Crippen MR) is 61.5 cm³/mol. The zero-order valence-corrected chi connectivity index (χ0v) is 10.2. The van der Waals surface area contributed by atoms with E-state index < -0.39 is 10.5 Å². The van der Waals surface area contributed by atoms with E-state index in [4.69, 9.17) is 27.9 Å². The summed E-state index contributed by atoms with van der Waals surface area (Å²) in [6.45, 7) is 3.76. The Bertz CT molecular complexity index is 485. The molecule has 1 heterocycles. The van der Waals surface area contributed by atoms with E-state index in [0.29, 0.717) is 17.7 Å². The lowest BCUT2D eigenvalue weighted by atomic mass is 10.0. The van der Waals surface area contributed by atoms with Crippen molar-refractivity contribution in [2.45, 2.75) is 25.9 Å². The molecule has 0 atom stereocenters. The summed E-state index contributed by atoms with van der Waals surface area (Å²) < 4.78 is 5.60. The largest absolute Gasteiger partial charge is 0.486 e. The minimum Gasteiger partial charge on any atom is -0.486 e. The van der Waals surface area contributed by atoms with Crippen molar-refractivity contribution in [2.24, 2.45) is 0 Å². The minimum absolute atomic E-state index is 0.120. The van der Waals surface area contributed by atoms with Crippen LogP contribution < -0.4 is 4.74 Å². The van der Waals surface area contributed by atoms with Crippen LogP contribution in [-0.4, -0.2) is 10.5 Å². The summed E-state index contributed by atoms with van der Waals surface area (Å²) in [6, 6.07) is 1.23. The van der Waals surface area contributed by atoms with Crippen molar-refractivity contribution in [1.29, 1.82) is 0 Å². The lowest BCUT2D eigenvalue weighted by molar-refractivity contribution is -0.384. The first kappa shape index (κ1) is 11.5. The van der Waals surface area contributed by atoms with Crippen LogP contribution in [0.4, 0.5) is 5.69 Å². The Morgan fingerprint density at radius 3 is 2.69 bits per heavy atom. The summed E-state index contributed by atoms with van der Waals surface area (Å²) in [4.78, 5) is 10.2. The van der Waals surface area contributed by atoms with E-state index in [0.717, 1.165) is 0 Å². The molecule has 2 rings (SSSR count). The minimum atomic E-state index is -0.542. The molecular formula is C10H9Cl2NO3. The van der Waals surface area contributed by atoms with Crippen LogP contribution in [0, 0.1) is 10.1 Å². The Kier molecular flexibility index (Phi) is 2.51. The zero-order chi connectivity index (χ0) is 12.1. The van der Waals surface area contributed by atoms with Crippen LogP contribution in [-0.2, 0) is 6.42 Å². The third-order valence-corrected chi connectivity index (χ3v) is 3.12. The number of nitro groups is 1. The molecule has 6 heteroatoms. The second kappa shape index (κ2) is 3.50. The molecule has 0 N–H and O–H groups in total. The van der Waals surface area contributed by atoms with Crippen LogP contribution in [0.2, 0.25) is 10.0 Å². The van der Waals surface area contributed by atoms with Gasteiger partial charge in [0.05, 0.1) is 9.95 Å². The number of hydrogen-bond acceptors (Lipinski definition) is 3. The van der Waals surface area contributed by atoms with Crippen molar-refractivity contribution in [3.63, 3.8) is 0 Å². The van der Waals surface area contributed by atoms with Crippen LogP contribution in [0.25, 0.3) is 0 Å². The average molecular weight is 262 g/mol. The van der Waals surface area contributed by atoms with E-state index in [1.807, 2.05) is 13.8 Å². The Morgan fingerprint density at radius 1 is 1.50 bits per heavy atom. The number of nitro benzene ring substituents is 1. The van der Waals surface area contributed by atoms with E-state index in [1.54, 1.807) is 0 Å². The highest BCUT2D eigenvalue weighted by Crippen LogP contribution is 2.47. The highest BCUT2D eigenvalue weighted by molar-refractivity contribution is 6.36. The van der Waals surface area contributed by atoms with Gasteiger partial charge in [-0.1, -0.05) is 23.2 Å². The summed E-state index contributed by atoms with van der Waals surface area (Å²) in [5, 5.41) is 11.1. The highest BCUT2D eigenvalue weighted by Gasteiger charge is 2.36. The van der Waals surface area contributed by atoms with Crippen molar-refractivity contribution in [3.05, 3.63) is 31.8 Å². The molecule has 86 valence electrons. The van der Waals surface area contributed by atoms with Crippen molar-refractivity contribution < 1.29 is 9.66 Å². The number of rotatable bonds is 1. The molecule has 0 aromatic heterocycles. The Labute approximate surface area is 102 Å². The summed E-state index contributed by atoms with van der Waals surface area (Å²) in [5.41, 5.74) is 0.0164. The van der Waals surface area contributed by atoms with E-state index in [-0.39, 0.29) is 15.7 Å². The van der Waals surface area contributed by atoms with Gasteiger partial charge in [-0.15, -0.1) is 0 Å². The van der Waals surface area contributed by atoms with Crippen molar-refractivity contribution >= 4 is 28.9 Å². The predicted octanol–water partition coefficient (Wildman–Crippen LogP) is 3.62. The summed E-state index contributed by atoms with van der Waals surface area (Å²) >= 11 is 11.9. The molecule has 0 saturated carbocycles. The molecule has 0 fully saturated rings. The molecule has 1 aliphatic rings. The molecule has 0 saturated heterocycles. The number of nitrogens with zero attached hydrogens (tertiary/aromatic N) is 1. The van der Waals surface area contributed by atoms with E-state index in [1.165, 1.54) is 6.07 Å². The van der Waals surface area contributed by atoms with Crippen LogP contribution >= 0.6 is 23.2 Å². The number of hydrogen-bond donors (Lipinski definition) is 0. The van der Waals surface area contributed by atoms with Crippen LogP contribution in [0.3, 0.4) is 0 Å². The van der Waals surface area contributed by atoms with Gasteiger partial charge in [-0.05, 0) is 13.8 Å². The van der Waals surface area contributed by atoms with Gasteiger partial charge in [0.2, 0.25) is 0 Å². The van der Waals surface area contributed by atoms with E-state index in [9.17, 15) is 10.1 Å². The van der Waals surface area contributed by atoms with Gasteiger partial charge in [-0.25, -0.2) is 0 Å². The molecule has 0 radical (unpaired) electrons. The van der Waals surface area contributed by atoms with Crippen LogP contribution in [0.5, 0.6) is 5.75 Å². The molecule has 0 aliphatic carbocycles. The SMILES string of the molecule is CC1(C)Cc2c(Cl)c([N+](=O)[O-])cc(Cl)c2O1. The molecular weight excluding hydrogens is 253 g/mol. The molecule has 0 spiro atoms. The Hall–Kier alpha value is -1.00. The summed E-state index contributed by atoms with van der Waals surface area (Å²) in [5.74, 6) is 0.460. The molecule has 0 unspecified atom stereocenters. The van der Waals surface area contributed by atoms with Crippen molar-refractivity contribution in [2.75, 3.05) is 0 Å². The second-order valence-corrected chi connectivity index (χ2v) is 5.08. The van der Waals surface area contributed by atoms with Gasteiger partial charge in [-0.3, -0.25) is 10.1 Å². The maximum Gasteiger partial charge on any atom is 0.289 e. The first-order valence-electron chi connectivity index (χ1n) is 4.66. The fourth-order valence-corrected chi connectivity index (χ4v) is 2.32. The van der Waals surface area contributed by atoms with Gasteiger partial charge < -0.3 is 4.74 Å². The van der Waals surface area contributed by atoms with Crippen molar-refractivity contribution in [1.82, 2.24) is 0 Å². The first-order chi connectivity index (χ1) is 7.32. The summed E-state index contributed by atoms with van der Waals surface area (Å²) in [6.07, 6.45) is 0.516. The average Bonchev–Trinajstić information content (AvgIpc) is 2.48.